The lowest BCUT2D eigenvalue weighted by Crippen LogP contribution is -2.24. The summed E-state index contributed by atoms with van der Waals surface area (Å²) in [4.78, 5) is 2.15. The predicted molar refractivity (Wildman–Crippen MR) is 53.3 cm³/mol. The van der Waals surface area contributed by atoms with Crippen LogP contribution in [0.5, 0.6) is 0 Å². The molecule has 0 rings (SSSR count). The molecule has 0 unspecified atom stereocenters. The molecule has 0 aliphatic heterocycles. The van der Waals surface area contributed by atoms with Gasteiger partial charge in [0.15, 0.2) is 0 Å². The maximum Gasteiger partial charge on any atom is 0.0186 e. The fourth-order valence-corrected chi connectivity index (χ4v) is 0.826. The molecule has 3 nitrogen and oxygen atoms in total. The van der Waals surface area contributed by atoms with E-state index in [0.717, 1.165) is 19.6 Å². The van der Waals surface area contributed by atoms with E-state index in [1.54, 1.807) is 12.4 Å². The van der Waals surface area contributed by atoms with Crippen LogP contribution >= 0.6 is 0 Å². The van der Waals surface area contributed by atoms with Crippen molar-refractivity contribution in [3.05, 3.63) is 37.2 Å². The van der Waals surface area contributed by atoms with Crippen LogP contribution < -0.4 is 11.5 Å². The molecule has 0 aliphatic carbocycles. The molecule has 0 aromatic rings. The Balaban J connectivity index is 3.76. The van der Waals surface area contributed by atoms with Crippen molar-refractivity contribution in [2.45, 2.75) is 0 Å². The van der Waals surface area contributed by atoms with Gasteiger partial charge in [-0.2, -0.15) is 0 Å². The summed E-state index contributed by atoms with van der Waals surface area (Å²) in [6.07, 6.45) is 8.74. The van der Waals surface area contributed by atoms with E-state index in [4.69, 9.17) is 11.5 Å². The molecule has 0 saturated heterocycles. The minimum Gasteiger partial charge on any atom is -0.405 e. The number of nitrogens with zero attached hydrogens (tertiary/aromatic N) is 1. The molecule has 3 heteroatoms. The summed E-state index contributed by atoms with van der Waals surface area (Å²) in [5.41, 5.74) is 10.5. The van der Waals surface area contributed by atoms with E-state index in [9.17, 15) is 0 Å². The first-order chi connectivity index (χ1) is 5.85. The maximum atomic E-state index is 5.23. The normalized spacial score (nSPS) is 11.8. The lowest BCUT2D eigenvalue weighted by Gasteiger charge is -2.15. The second-order valence-electron chi connectivity index (χ2n) is 2.36. The smallest absolute Gasteiger partial charge is 0.0186 e. The van der Waals surface area contributed by atoms with Gasteiger partial charge in [0.2, 0.25) is 0 Å². The van der Waals surface area contributed by atoms with Crippen LogP contribution in [-0.4, -0.2) is 24.5 Å². The van der Waals surface area contributed by atoms with E-state index in [2.05, 4.69) is 11.5 Å². The number of nitrogens with two attached hydrogens (primary N) is 2. The third-order valence-corrected chi connectivity index (χ3v) is 1.39. The van der Waals surface area contributed by atoms with Crippen LogP contribution in [0.15, 0.2) is 37.2 Å². The van der Waals surface area contributed by atoms with Crippen molar-refractivity contribution in [3.8, 4) is 0 Å². The predicted octanol–water partition coefficient (Wildman–Crippen LogP) is 0.419. The summed E-state index contributed by atoms with van der Waals surface area (Å²) in [6.45, 7) is 6.16. The van der Waals surface area contributed by atoms with E-state index >= 15 is 0 Å². The molecule has 0 amide bonds. The first kappa shape index (κ1) is 10.8. The highest BCUT2D eigenvalue weighted by molar-refractivity contribution is 4.88. The summed E-state index contributed by atoms with van der Waals surface area (Å²) in [5.74, 6) is 0. The Morgan fingerprint density at radius 3 is 1.83 bits per heavy atom. The standard InChI is InChI=1S/C9H17N3/c1-2-7-12(8-3-5-10)9-4-6-11/h2-6H,1,7-11H2/b5-3+,6-4+. The highest BCUT2D eigenvalue weighted by Crippen LogP contribution is 1.89. The van der Waals surface area contributed by atoms with Crippen LogP contribution in [0, 0.1) is 0 Å². The van der Waals surface area contributed by atoms with Gasteiger partial charge < -0.3 is 11.5 Å². The lowest BCUT2D eigenvalue weighted by molar-refractivity contribution is 0.372. The van der Waals surface area contributed by atoms with E-state index < -0.39 is 0 Å². The third-order valence-electron chi connectivity index (χ3n) is 1.39. The zero-order valence-corrected chi connectivity index (χ0v) is 7.32. The van der Waals surface area contributed by atoms with Gasteiger partial charge in [-0.25, -0.2) is 0 Å². The number of rotatable bonds is 6. The molecule has 68 valence electrons. The molecule has 0 heterocycles. The topological polar surface area (TPSA) is 55.3 Å². The van der Waals surface area contributed by atoms with Crippen LogP contribution in [-0.2, 0) is 0 Å². The largest absolute Gasteiger partial charge is 0.405 e. The van der Waals surface area contributed by atoms with Crippen molar-refractivity contribution in [1.29, 1.82) is 0 Å². The Morgan fingerprint density at radius 2 is 1.50 bits per heavy atom. The van der Waals surface area contributed by atoms with E-state index in [1.807, 2.05) is 18.2 Å². The molecular weight excluding hydrogens is 150 g/mol. The molecule has 0 atom stereocenters. The first-order valence-electron chi connectivity index (χ1n) is 3.92. The van der Waals surface area contributed by atoms with E-state index in [-0.39, 0.29) is 0 Å². The molecule has 0 fully saturated rings. The average molecular weight is 167 g/mol. The SMILES string of the molecule is C=CCN(C/C=C/N)C/C=C/N. The number of hydrogen-bond acceptors (Lipinski definition) is 3. The molecule has 0 radical (unpaired) electrons. The molecule has 0 spiro atoms. The van der Waals surface area contributed by atoms with Crippen molar-refractivity contribution < 1.29 is 0 Å². The molecule has 12 heavy (non-hydrogen) atoms. The number of hydrogen-bond donors (Lipinski definition) is 2. The summed E-state index contributed by atoms with van der Waals surface area (Å²) in [6, 6.07) is 0. The van der Waals surface area contributed by atoms with Gasteiger partial charge in [0.25, 0.3) is 0 Å². The summed E-state index contributed by atoms with van der Waals surface area (Å²) >= 11 is 0. The Morgan fingerprint density at radius 1 is 1.00 bits per heavy atom. The van der Waals surface area contributed by atoms with Gasteiger partial charge in [0.1, 0.15) is 0 Å². The molecule has 0 saturated carbocycles. The van der Waals surface area contributed by atoms with Crippen LogP contribution in [0.4, 0.5) is 0 Å². The van der Waals surface area contributed by atoms with Crippen LogP contribution in [0.1, 0.15) is 0 Å². The van der Waals surface area contributed by atoms with Crippen molar-refractivity contribution in [3.63, 3.8) is 0 Å². The molecule has 0 bridgehead atoms. The maximum absolute atomic E-state index is 5.23. The Kier molecular flexibility index (Phi) is 7.08. The molecule has 0 aromatic carbocycles. The zero-order chi connectivity index (χ0) is 9.23. The fraction of sp³-hybridized carbons (Fsp3) is 0.333. The van der Waals surface area contributed by atoms with Crippen molar-refractivity contribution >= 4 is 0 Å². The van der Waals surface area contributed by atoms with Gasteiger partial charge in [-0.05, 0) is 12.4 Å². The highest BCUT2D eigenvalue weighted by atomic mass is 15.1. The minimum absolute atomic E-state index is 0.826. The highest BCUT2D eigenvalue weighted by Gasteiger charge is 1.95. The first-order valence-corrected chi connectivity index (χ1v) is 3.92. The quantitative estimate of drug-likeness (QED) is 0.564. The molecule has 4 N–H and O–H groups in total. The second kappa shape index (κ2) is 7.88. The Bertz CT molecular complexity index is 147. The molecule has 0 aliphatic rings. The van der Waals surface area contributed by atoms with Gasteiger partial charge in [-0.3, -0.25) is 4.90 Å². The van der Waals surface area contributed by atoms with Crippen LogP contribution in [0.3, 0.4) is 0 Å². The van der Waals surface area contributed by atoms with Crippen molar-refractivity contribution in [2.75, 3.05) is 19.6 Å². The van der Waals surface area contributed by atoms with E-state index in [0.29, 0.717) is 0 Å². The Hall–Kier alpha value is -1.22. The average Bonchev–Trinajstić information content (AvgIpc) is 2.10. The summed E-state index contributed by atoms with van der Waals surface area (Å²) < 4.78 is 0. The summed E-state index contributed by atoms with van der Waals surface area (Å²) in [7, 11) is 0. The molecular formula is C9H17N3. The second-order valence-corrected chi connectivity index (χ2v) is 2.36. The van der Waals surface area contributed by atoms with E-state index in [1.165, 1.54) is 0 Å². The molecule has 0 aromatic heterocycles. The third kappa shape index (κ3) is 5.56. The van der Waals surface area contributed by atoms with Gasteiger partial charge >= 0.3 is 0 Å². The fourth-order valence-electron chi connectivity index (χ4n) is 0.826. The lowest BCUT2D eigenvalue weighted by atomic mass is 10.4. The summed E-state index contributed by atoms with van der Waals surface area (Å²) in [5, 5.41) is 0. The van der Waals surface area contributed by atoms with Gasteiger partial charge in [-0.1, -0.05) is 18.2 Å². The van der Waals surface area contributed by atoms with Gasteiger partial charge in [-0.15, -0.1) is 6.58 Å². The van der Waals surface area contributed by atoms with Crippen LogP contribution in [0.25, 0.3) is 0 Å². The van der Waals surface area contributed by atoms with Crippen molar-refractivity contribution in [2.24, 2.45) is 11.5 Å². The van der Waals surface area contributed by atoms with Gasteiger partial charge in [0, 0.05) is 19.6 Å². The van der Waals surface area contributed by atoms with Crippen LogP contribution in [0.2, 0.25) is 0 Å². The zero-order valence-electron chi connectivity index (χ0n) is 7.32. The minimum atomic E-state index is 0.826. The van der Waals surface area contributed by atoms with Gasteiger partial charge in [0.05, 0.1) is 0 Å². The monoisotopic (exact) mass is 167 g/mol. The van der Waals surface area contributed by atoms with Crippen molar-refractivity contribution in [1.82, 2.24) is 4.90 Å². The Labute approximate surface area is 74.0 Å².